The van der Waals surface area contributed by atoms with Crippen LogP contribution >= 0.6 is 38.5 Å². The standard InChI is InChI=1S/C19H20BrF2IN2O3/c1-3-4-12(26)9-28-25-19(27)13-8-14(20)16(21)17(22)18(13)24-15-6-5-11(23)7-10(15)2/h5-8,12,24,26H,3-4,9H2,1-2H3,(H,25,27). The molecule has 0 aliphatic carbocycles. The van der Waals surface area contributed by atoms with E-state index in [2.05, 4.69) is 49.3 Å². The molecule has 0 spiro atoms. The number of hydroxylamine groups is 1. The minimum atomic E-state index is -1.19. The highest BCUT2D eigenvalue weighted by molar-refractivity contribution is 14.1. The molecule has 0 bridgehead atoms. The molecule has 0 heterocycles. The van der Waals surface area contributed by atoms with Crippen LogP contribution in [0.25, 0.3) is 0 Å². The molecule has 0 aliphatic rings. The highest BCUT2D eigenvalue weighted by Crippen LogP contribution is 2.32. The van der Waals surface area contributed by atoms with Crippen LogP contribution in [-0.2, 0) is 4.84 Å². The van der Waals surface area contributed by atoms with E-state index in [0.29, 0.717) is 12.1 Å². The van der Waals surface area contributed by atoms with E-state index in [1.54, 1.807) is 12.1 Å². The molecule has 1 atom stereocenters. The zero-order chi connectivity index (χ0) is 20.8. The molecule has 0 aliphatic heterocycles. The Hall–Kier alpha value is -1.30. The molecule has 9 heteroatoms. The van der Waals surface area contributed by atoms with Crippen LogP contribution in [0.1, 0.15) is 35.7 Å². The van der Waals surface area contributed by atoms with Crippen molar-refractivity contribution in [3.05, 3.63) is 55.1 Å². The number of aliphatic hydroxyl groups excluding tert-OH is 1. The zero-order valence-electron chi connectivity index (χ0n) is 15.3. The Kier molecular flexibility index (Phi) is 8.59. The number of anilines is 2. The number of carbonyl (C=O) groups excluding carboxylic acids is 1. The summed E-state index contributed by atoms with van der Waals surface area (Å²) in [5.41, 5.74) is 3.05. The minimum Gasteiger partial charge on any atom is -0.391 e. The average molecular weight is 569 g/mol. The van der Waals surface area contributed by atoms with E-state index < -0.39 is 23.6 Å². The summed E-state index contributed by atoms with van der Waals surface area (Å²) in [6.45, 7) is 3.62. The molecule has 2 aromatic carbocycles. The number of aryl methyl sites for hydroxylation is 1. The second-order valence-corrected chi connectivity index (χ2v) is 8.28. The number of amides is 1. The third-order valence-electron chi connectivity index (χ3n) is 3.92. The number of hydrogen-bond donors (Lipinski definition) is 3. The van der Waals surface area contributed by atoms with Gasteiger partial charge in [0.25, 0.3) is 5.91 Å². The Labute approximate surface area is 184 Å². The Morgan fingerprint density at radius 2 is 2.04 bits per heavy atom. The third kappa shape index (κ3) is 5.85. The van der Waals surface area contributed by atoms with Gasteiger partial charge in [-0.25, -0.2) is 14.3 Å². The number of benzene rings is 2. The van der Waals surface area contributed by atoms with Crippen LogP contribution < -0.4 is 10.8 Å². The van der Waals surface area contributed by atoms with Gasteiger partial charge in [0.2, 0.25) is 0 Å². The fourth-order valence-corrected chi connectivity index (χ4v) is 3.52. The van der Waals surface area contributed by atoms with Gasteiger partial charge in [-0.3, -0.25) is 9.63 Å². The summed E-state index contributed by atoms with van der Waals surface area (Å²) in [4.78, 5) is 17.5. The maximum Gasteiger partial charge on any atom is 0.277 e. The molecule has 28 heavy (non-hydrogen) atoms. The van der Waals surface area contributed by atoms with Crippen molar-refractivity contribution in [2.24, 2.45) is 0 Å². The van der Waals surface area contributed by atoms with Crippen LogP contribution in [0.3, 0.4) is 0 Å². The summed E-state index contributed by atoms with van der Waals surface area (Å²) >= 11 is 5.06. The lowest BCUT2D eigenvalue weighted by Crippen LogP contribution is -2.29. The number of rotatable bonds is 8. The summed E-state index contributed by atoms with van der Waals surface area (Å²) in [5, 5.41) is 12.5. The molecule has 0 saturated carbocycles. The second kappa shape index (κ2) is 10.5. The Balaban J connectivity index is 2.29. The van der Waals surface area contributed by atoms with Crippen molar-refractivity contribution in [2.45, 2.75) is 32.8 Å². The minimum absolute atomic E-state index is 0.108. The molecule has 0 fully saturated rings. The largest absolute Gasteiger partial charge is 0.391 e. The van der Waals surface area contributed by atoms with E-state index >= 15 is 0 Å². The van der Waals surface area contributed by atoms with Gasteiger partial charge in [-0.1, -0.05) is 13.3 Å². The molecule has 1 unspecified atom stereocenters. The van der Waals surface area contributed by atoms with E-state index in [9.17, 15) is 18.7 Å². The third-order valence-corrected chi connectivity index (χ3v) is 5.17. The number of aliphatic hydroxyl groups is 1. The van der Waals surface area contributed by atoms with Crippen molar-refractivity contribution in [3.63, 3.8) is 0 Å². The molecule has 0 aromatic heterocycles. The molecule has 5 nitrogen and oxygen atoms in total. The zero-order valence-corrected chi connectivity index (χ0v) is 19.0. The maximum absolute atomic E-state index is 14.6. The fourth-order valence-electron chi connectivity index (χ4n) is 2.47. The van der Waals surface area contributed by atoms with E-state index in [-0.39, 0.29) is 22.3 Å². The molecule has 152 valence electrons. The SMILES string of the molecule is CCCC(O)CONC(=O)c1cc(Br)c(F)c(F)c1Nc1ccc(I)cc1C. The van der Waals surface area contributed by atoms with E-state index in [1.807, 2.05) is 19.9 Å². The molecule has 1 amide bonds. The van der Waals surface area contributed by atoms with Crippen LogP contribution in [-0.4, -0.2) is 23.7 Å². The summed E-state index contributed by atoms with van der Waals surface area (Å²) in [7, 11) is 0. The highest BCUT2D eigenvalue weighted by Gasteiger charge is 2.23. The fraction of sp³-hybridized carbons (Fsp3) is 0.316. The smallest absolute Gasteiger partial charge is 0.277 e. The predicted octanol–water partition coefficient (Wildman–Crippen LogP) is 5.21. The van der Waals surface area contributed by atoms with Gasteiger partial charge in [-0.05, 0) is 81.7 Å². The van der Waals surface area contributed by atoms with Crippen molar-refractivity contribution in [1.29, 1.82) is 0 Å². The molecular formula is C19H20BrF2IN2O3. The van der Waals surface area contributed by atoms with Gasteiger partial charge in [0.15, 0.2) is 11.6 Å². The van der Waals surface area contributed by atoms with Gasteiger partial charge in [-0.2, -0.15) is 0 Å². The van der Waals surface area contributed by atoms with Gasteiger partial charge in [0.05, 0.1) is 21.8 Å². The molecule has 0 radical (unpaired) electrons. The van der Waals surface area contributed by atoms with Crippen molar-refractivity contribution >= 4 is 55.8 Å². The Bertz CT molecular complexity index is 868. The van der Waals surface area contributed by atoms with Crippen LogP contribution in [0, 0.1) is 22.1 Å². The van der Waals surface area contributed by atoms with Crippen molar-refractivity contribution in [1.82, 2.24) is 5.48 Å². The van der Waals surface area contributed by atoms with Gasteiger partial charge >= 0.3 is 0 Å². The summed E-state index contributed by atoms with van der Waals surface area (Å²) < 4.78 is 29.5. The van der Waals surface area contributed by atoms with Crippen molar-refractivity contribution in [3.8, 4) is 0 Å². The monoisotopic (exact) mass is 568 g/mol. The Morgan fingerprint density at radius 1 is 1.32 bits per heavy atom. The first kappa shape index (κ1) is 23.0. The number of hydrogen-bond acceptors (Lipinski definition) is 4. The lowest BCUT2D eigenvalue weighted by atomic mass is 10.1. The topological polar surface area (TPSA) is 70.6 Å². The first-order valence-electron chi connectivity index (χ1n) is 8.55. The van der Waals surface area contributed by atoms with Gasteiger partial charge < -0.3 is 10.4 Å². The normalized spacial score (nSPS) is 12.0. The summed E-state index contributed by atoms with van der Waals surface area (Å²) in [6.07, 6.45) is 0.554. The number of carbonyl (C=O) groups is 1. The van der Waals surface area contributed by atoms with Crippen LogP contribution in [0.2, 0.25) is 0 Å². The summed E-state index contributed by atoms with van der Waals surface area (Å²) in [5.74, 6) is -3.07. The maximum atomic E-state index is 14.6. The van der Waals surface area contributed by atoms with E-state index in [0.717, 1.165) is 15.6 Å². The Morgan fingerprint density at radius 3 is 2.68 bits per heavy atom. The van der Waals surface area contributed by atoms with Gasteiger partial charge in [0, 0.05) is 9.26 Å². The van der Waals surface area contributed by atoms with Crippen molar-refractivity contribution in [2.75, 3.05) is 11.9 Å². The first-order valence-corrected chi connectivity index (χ1v) is 10.4. The second-order valence-electron chi connectivity index (χ2n) is 6.18. The lowest BCUT2D eigenvalue weighted by Gasteiger charge is -2.16. The lowest BCUT2D eigenvalue weighted by molar-refractivity contribution is -0.0149. The molecule has 3 N–H and O–H groups in total. The quantitative estimate of drug-likeness (QED) is 0.232. The van der Waals surface area contributed by atoms with E-state index in [1.165, 1.54) is 6.07 Å². The molecule has 2 rings (SSSR count). The number of nitrogens with one attached hydrogen (secondary N) is 2. The van der Waals surface area contributed by atoms with E-state index in [4.69, 9.17) is 4.84 Å². The molecule has 0 saturated heterocycles. The van der Waals surface area contributed by atoms with Crippen molar-refractivity contribution < 1.29 is 23.5 Å². The first-order chi connectivity index (χ1) is 13.2. The summed E-state index contributed by atoms with van der Waals surface area (Å²) in [6, 6.07) is 6.56. The number of halogens is 4. The molecular weight excluding hydrogens is 549 g/mol. The average Bonchev–Trinajstić information content (AvgIpc) is 2.63. The predicted molar refractivity (Wildman–Crippen MR) is 116 cm³/mol. The highest BCUT2D eigenvalue weighted by atomic mass is 127. The van der Waals surface area contributed by atoms with Crippen LogP contribution in [0.5, 0.6) is 0 Å². The van der Waals surface area contributed by atoms with Gasteiger partial charge in [0.1, 0.15) is 6.61 Å². The van der Waals surface area contributed by atoms with Crippen LogP contribution in [0.4, 0.5) is 20.2 Å². The van der Waals surface area contributed by atoms with Gasteiger partial charge in [-0.15, -0.1) is 0 Å². The molecule has 2 aromatic rings. The van der Waals surface area contributed by atoms with Crippen LogP contribution in [0.15, 0.2) is 28.7 Å².